The molecule has 5 nitrogen and oxygen atoms in total. The molecule has 2 amide bonds. The number of benzene rings is 1. The number of hydrogen-bond donors (Lipinski definition) is 2. The third kappa shape index (κ3) is 6.06. The van der Waals surface area contributed by atoms with Gasteiger partial charge in [-0.15, -0.1) is 0 Å². The molecule has 110 valence electrons. The van der Waals surface area contributed by atoms with Gasteiger partial charge in [0.25, 0.3) is 5.91 Å². The third-order valence-corrected chi connectivity index (χ3v) is 3.03. The molecule has 0 saturated heterocycles. The van der Waals surface area contributed by atoms with Gasteiger partial charge in [-0.2, -0.15) is 0 Å². The predicted molar refractivity (Wildman–Crippen MR) is 80.5 cm³/mol. The Kier molecular flexibility index (Phi) is 7.08. The molecule has 0 heterocycles. The molecule has 1 atom stereocenters. The topological polar surface area (TPSA) is 67.4 Å². The molecular weight excluding hydrogens is 324 g/mol. The average molecular weight is 343 g/mol. The average Bonchev–Trinajstić information content (AvgIpc) is 2.44. The van der Waals surface area contributed by atoms with Gasteiger partial charge in [-0.3, -0.25) is 9.59 Å². The second-order valence-electron chi connectivity index (χ2n) is 4.32. The van der Waals surface area contributed by atoms with Crippen molar-refractivity contribution in [3.63, 3.8) is 0 Å². The van der Waals surface area contributed by atoms with E-state index < -0.39 is 6.04 Å². The number of nitrogens with one attached hydrogen (secondary N) is 2. The largest absolute Gasteiger partial charge is 0.484 e. The molecule has 0 bridgehead atoms. The standard InChI is InChI=1S/C14H19BrN2O3/c1-3-8-16-14(19)10(2)17-13(18)9-20-12-6-4-11(15)5-7-12/h4-7,10H,3,8-9H2,1-2H3,(H,16,19)(H,17,18)/t10-/m1/s1. The molecule has 2 N–H and O–H groups in total. The lowest BCUT2D eigenvalue weighted by atomic mass is 10.3. The molecule has 1 aromatic rings. The number of hydrogen-bond acceptors (Lipinski definition) is 3. The Labute approximate surface area is 127 Å². The Morgan fingerprint density at radius 2 is 1.95 bits per heavy atom. The maximum Gasteiger partial charge on any atom is 0.258 e. The van der Waals surface area contributed by atoms with Crippen LogP contribution in [0.25, 0.3) is 0 Å². The first-order chi connectivity index (χ1) is 9.52. The smallest absolute Gasteiger partial charge is 0.258 e. The Bertz CT molecular complexity index is 448. The van der Waals surface area contributed by atoms with Gasteiger partial charge in [-0.25, -0.2) is 0 Å². The summed E-state index contributed by atoms with van der Waals surface area (Å²) in [6.07, 6.45) is 0.860. The number of amides is 2. The normalized spacial score (nSPS) is 11.6. The predicted octanol–water partition coefficient (Wildman–Crippen LogP) is 1.86. The van der Waals surface area contributed by atoms with E-state index in [1.54, 1.807) is 19.1 Å². The van der Waals surface area contributed by atoms with E-state index in [9.17, 15) is 9.59 Å². The zero-order chi connectivity index (χ0) is 15.0. The molecule has 0 saturated carbocycles. The molecule has 0 unspecified atom stereocenters. The maximum atomic E-state index is 11.6. The molecule has 0 radical (unpaired) electrons. The van der Waals surface area contributed by atoms with Crippen LogP contribution in [0.15, 0.2) is 28.7 Å². The lowest BCUT2D eigenvalue weighted by Gasteiger charge is -2.14. The van der Waals surface area contributed by atoms with Crippen molar-refractivity contribution in [2.24, 2.45) is 0 Å². The van der Waals surface area contributed by atoms with Gasteiger partial charge in [0.15, 0.2) is 6.61 Å². The lowest BCUT2D eigenvalue weighted by Crippen LogP contribution is -2.46. The van der Waals surface area contributed by atoms with Gasteiger partial charge in [-0.05, 0) is 37.6 Å². The summed E-state index contributed by atoms with van der Waals surface area (Å²) < 4.78 is 6.26. The van der Waals surface area contributed by atoms with E-state index in [2.05, 4.69) is 26.6 Å². The van der Waals surface area contributed by atoms with E-state index in [-0.39, 0.29) is 18.4 Å². The van der Waals surface area contributed by atoms with Crippen molar-refractivity contribution in [2.75, 3.05) is 13.2 Å². The van der Waals surface area contributed by atoms with E-state index in [1.807, 2.05) is 19.1 Å². The highest BCUT2D eigenvalue weighted by Gasteiger charge is 2.14. The molecule has 0 aliphatic heterocycles. The minimum absolute atomic E-state index is 0.118. The van der Waals surface area contributed by atoms with E-state index in [0.29, 0.717) is 12.3 Å². The summed E-state index contributed by atoms with van der Waals surface area (Å²) in [5.74, 6) is 0.0855. The highest BCUT2D eigenvalue weighted by molar-refractivity contribution is 9.10. The van der Waals surface area contributed by atoms with Gasteiger partial charge in [0.05, 0.1) is 0 Å². The Hall–Kier alpha value is -1.56. The number of carbonyl (C=O) groups excluding carboxylic acids is 2. The number of rotatable bonds is 7. The molecule has 20 heavy (non-hydrogen) atoms. The van der Waals surface area contributed by atoms with Crippen molar-refractivity contribution < 1.29 is 14.3 Å². The van der Waals surface area contributed by atoms with Crippen LogP contribution in [0.1, 0.15) is 20.3 Å². The molecular formula is C14H19BrN2O3. The fraction of sp³-hybridized carbons (Fsp3) is 0.429. The van der Waals surface area contributed by atoms with Crippen LogP contribution in [0, 0.1) is 0 Å². The van der Waals surface area contributed by atoms with E-state index >= 15 is 0 Å². The van der Waals surface area contributed by atoms with E-state index in [0.717, 1.165) is 10.9 Å². The first-order valence-corrected chi connectivity index (χ1v) is 7.27. The van der Waals surface area contributed by atoms with Crippen molar-refractivity contribution in [3.8, 4) is 5.75 Å². The number of carbonyl (C=O) groups is 2. The lowest BCUT2D eigenvalue weighted by molar-refractivity contribution is -0.129. The van der Waals surface area contributed by atoms with Gasteiger partial charge < -0.3 is 15.4 Å². The fourth-order valence-electron chi connectivity index (χ4n) is 1.43. The quantitative estimate of drug-likeness (QED) is 0.794. The highest BCUT2D eigenvalue weighted by atomic mass is 79.9. The number of halogens is 1. The monoisotopic (exact) mass is 342 g/mol. The van der Waals surface area contributed by atoms with Gasteiger partial charge in [0.1, 0.15) is 11.8 Å². The van der Waals surface area contributed by atoms with E-state index in [1.165, 1.54) is 0 Å². The Morgan fingerprint density at radius 3 is 2.55 bits per heavy atom. The van der Waals surface area contributed by atoms with Crippen LogP contribution in [0.4, 0.5) is 0 Å². The van der Waals surface area contributed by atoms with Gasteiger partial charge in [0, 0.05) is 11.0 Å². The van der Waals surface area contributed by atoms with Crippen molar-refractivity contribution >= 4 is 27.7 Å². The highest BCUT2D eigenvalue weighted by Crippen LogP contribution is 2.15. The molecule has 1 rings (SSSR count). The first-order valence-electron chi connectivity index (χ1n) is 6.48. The second-order valence-corrected chi connectivity index (χ2v) is 5.24. The molecule has 1 aromatic carbocycles. The maximum absolute atomic E-state index is 11.6. The van der Waals surface area contributed by atoms with E-state index in [4.69, 9.17) is 4.74 Å². The minimum Gasteiger partial charge on any atom is -0.484 e. The molecule has 0 aliphatic carbocycles. The summed E-state index contributed by atoms with van der Waals surface area (Å²) in [7, 11) is 0. The zero-order valence-electron chi connectivity index (χ0n) is 11.6. The molecule has 0 spiro atoms. The minimum atomic E-state index is -0.567. The SMILES string of the molecule is CCCNC(=O)[C@@H](C)NC(=O)COc1ccc(Br)cc1. The summed E-state index contributed by atoms with van der Waals surface area (Å²) in [5.41, 5.74) is 0. The van der Waals surface area contributed by atoms with Crippen molar-refractivity contribution in [1.82, 2.24) is 10.6 Å². The van der Waals surface area contributed by atoms with Crippen LogP contribution in [-0.2, 0) is 9.59 Å². The second kappa shape index (κ2) is 8.58. The molecule has 0 aliphatic rings. The number of ether oxygens (including phenoxy) is 1. The third-order valence-electron chi connectivity index (χ3n) is 2.50. The fourth-order valence-corrected chi connectivity index (χ4v) is 1.69. The molecule has 0 fully saturated rings. The summed E-state index contributed by atoms with van der Waals surface area (Å²) in [6, 6.07) is 6.61. The van der Waals surface area contributed by atoms with Crippen molar-refractivity contribution in [1.29, 1.82) is 0 Å². The Balaban J connectivity index is 2.32. The van der Waals surface area contributed by atoms with Crippen LogP contribution >= 0.6 is 15.9 Å². The van der Waals surface area contributed by atoms with Crippen LogP contribution in [-0.4, -0.2) is 31.0 Å². The van der Waals surface area contributed by atoms with Crippen molar-refractivity contribution in [2.45, 2.75) is 26.3 Å². The summed E-state index contributed by atoms with van der Waals surface area (Å²) in [5, 5.41) is 5.30. The van der Waals surface area contributed by atoms with Crippen LogP contribution < -0.4 is 15.4 Å². The van der Waals surface area contributed by atoms with Crippen LogP contribution in [0.3, 0.4) is 0 Å². The first kappa shape index (κ1) is 16.5. The van der Waals surface area contributed by atoms with Gasteiger partial charge in [-0.1, -0.05) is 22.9 Å². The van der Waals surface area contributed by atoms with Crippen molar-refractivity contribution in [3.05, 3.63) is 28.7 Å². The molecule has 6 heteroatoms. The summed E-state index contributed by atoms with van der Waals surface area (Å²) in [4.78, 5) is 23.2. The van der Waals surface area contributed by atoms with Crippen LogP contribution in [0.5, 0.6) is 5.75 Å². The summed E-state index contributed by atoms with van der Waals surface area (Å²) >= 11 is 3.32. The van der Waals surface area contributed by atoms with Gasteiger partial charge in [0.2, 0.25) is 5.91 Å². The van der Waals surface area contributed by atoms with Crippen LogP contribution in [0.2, 0.25) is 0 Å². The van der Waals surface area contributed by atoms with Gasteiger partial charge >= 0.3 is 0 Å². The molecule has 0 aromatic heterocycles. The Morgan fingerprint density at radius 1 is 1.30 bits per heavy atom. The zero-order valence-corrected chi connectivity index (χ0v) is 13.2. The summed E-state index contributed by atoms with van der Waals surface area (Å²) in [6.45, 7) is 4.10.